The van der Waals surface area contributed by atoms with Crippen LogP contribution in [0.5, 0.6) is 0 Å². The number of carbonyl (C=O) groups excluding carboxylic acids is 1. The first-order chi connectivity index (χ1) is 11.4. The summed E-state index contributed by atoms with van der Waals surface area (Å²) in [5.74, 6) is 0.0259. The third-order valence-electron chi connectivity index (χ3n) is 4.81. The van der Waals surface area contributed by atoms with E-state index in [-0.39, 0.29) is 29.2 Å². The van der Waals surface area contributed by atoms with Crippen molar-refractivity contribution in [2.24, 2.45) is 13.0 Å². The molecule has 0 spiro atoms. The first-order valence-electron chi connectivity index (χ1n) is 8.49. The predicted molar refractivity (Wildman–Crippen MR) is 88.9 cm³/mol. The molecule has 1 aliphatic rings. The Balaban J connectivity index is 2.11. The van der Waals surface area contributed by atoms with Crippen molar-refractivity contribution in [1.29, 1.82) is 0 Å². The zero-order valence-electron chi connectivity index (χ0n) is 14.7. The number of nitrogens with one attached hydrogen (secondary N) is 1. The van der Waals surface area contributed by atoms with Crippen LogP contribution in [-0.2, 0) is 11.8 Å². The summed E-state index contributed by atoms with van der Waals surface area (Å²) >= 11 is 0. The van der Waals surface area contributed by atoms with Crippen molar-refractivity contribution in [3.05, 3.63) is 21.5 Å². The van der Waals surface area contributed by atoms with Gasteiger partial charge in [-0.3, -0.25) is 19.6 Å². The Labute approximate surface area is 141 Å². The maximum Gasteiger partial charge on any atom is 0.322 e. The quantitative estimate of drug-likeness (QED) is 0.634. The van der Waals surface area contributed by atoms with Crippen molar-refractivity contribution in [3.63, 3.8) is 0 Å². The molecule has 0 bridgehead atoms. The van der Waals surface area contributed by atoms with E-state index in [1.807, 2.05) is 0 Å². The molecule has 2 heterocycles. The molecule has 1 N–H and O–H groups in total. The van der Waals surface area contributed by atoms with Gasteiger partial charge in [0.25, 0.3) is 5.91 Å². The molecule has 8 heteroatoms. The van der Waals surface area contributed by atoms with Crippen LogP contribution >= 0.6 is 0 Å². The van der Waals surface area contributed by atoms with E-state index in [2.05, 4.69) is 24.3 Å². The molecule has 2 atom stereocenters. The SMILES string of the molecule is CCC(CC)[C@@H]1C[C@H](NC(=O)c2c([N+](=O)[O-])c(C)nn2C)CCO1. The lowest BCUT2D eigenvalue weighted by Gasteiger charge is -2.34. The minimum absolute atomic E-state index is 0.00285. The van der Waals surface area contributed by atoms with E-state index in [1.165, 1.54) is 11.6 Å². The molecule has 134 valence electrons. The van der Waals surface area contributed by atoms with Crippen LogP contribution in [0.4, 0.5) is 5.69 Å². The molecule has 8 nitrogen and oxygen atoms in total. The Morgan fingerprint density at radius 3 is 2.75 bits per heavy atom. The maximum atomic E-state index is 12.6. The summed E-state index contributed by atoms with van der Waals surface area (Å²) in [4.78, 5) is 23.2. The lowest BCUT2D eigenvalue weighted by Crippen LogP contribution is -2.44. The number of hydrogen-bond acceptors (Lipinski definition) is 5. The van der Waals surface area contributed by atoms with Gasteiger partial charge in [-0.05, 0) is 25.7 Å². The number of aromatic nitrogens is 2. The minimum atomic E-state index is -0.547. The maximum absolute atomic E-state index is 12.6. The van der Waals surface area contributed by atoms with Crippen molar-refractivity contribution >= 4 is 11.6 Å². The van der Waals surface area contributed by atoms with Gasteiger partial charge in [-0.2, -0.15) is 5.10 Å². The summed E-state index contributed by atoms with van der Waals surface area (Å²) in [5.41, 5.74) is 0.0243. The van der Waals surface area contributed by atoms with E-state index < -0.39 is 10.8 Å². The molecule has 0 aromatic carbocycles. The molecule has 1 aromatic rings. The van der Waals surface area contributed by atoms with Crippen LogP contribution < -0.4 is 5.32 Å². The lowest BCUT2D eigenvalue weighted by molar-refractivity contribution is -0.385. The summed E-state index contributed by atoms with van der Waals surface area (Å²) in [5, 5.41) is 18.2. The highest BCUT2D eigenvalue weighted by Gasteiger charge is 2.33. The van der Waals surface area contributed by atoms with E-state index in [0.717, 1.165) is 19.3 Å². The van der Waals surface area contributed by atoms with E-state index in [1.54, 1.807) is 7.05 Å². The zero-order valence-corrected chi connectivity index (χ0v) is 14.7. The van der Waals surface area contributed by atoms with Gasteiger partial charge in [0.1, 0.15) is 5.69 Å². The molecular formula is C16H26N4O4. The Kier molecular flexibility index (Phi) is 5.93. The van der Waals surface area contributed by atoms with Gasteiger partial charge in [0, 0.05) is 19.7 Å². The van der Waals surface area contributed by atoms with Gasteiger partial charge in [-0.25, -0.2) is 0 Å². The minimum Gasteiger partial charge on any atom is -0.378 e. The van der Waals surface area contributed by atoms with Crippen LogP contribution in [0.2, 0.25) is 0 Å². The van der Waals surface area contributed by atoms with Crippen molar-refractivity contribution in [2.75, 3.05) is 6.61 Å². The lowest BCUT2D eigenvalue weighted by atomic mass is 9.89. The van der Waals surface area contributed by atoms with E-state index >= 15 is 0 Å². The number of carbonyl (C=O) groups is 1. The number of ether oxygens (including phenoxy) is 1. The summed E-state index contributed by atoms with van der Waals surface area (Å²) < 4.78 is 7.13. The molecule has 1 fully saturated rings. The first kappa shape index (κ1) is 18.4. The van der Waals surface area contributed by atoms with Crippen molar-refractivity contribution in [1.82, 2.24) is 15.1 Å². The number of aryl methyl sites for hydroxylation is 2. The summed E-state index contributed by atoms with van der Waals surface area (Å²) in [6.07, 6.45) is 3.65. The summed E-state index contributed by atoms with van der Waals surface area (Å²) in [6.45, 7) is 6.41. The van der Waals surface area contributed by atoms with Crippen LogP contribution in [0.25, 0.3) is 0 Å². The monoisotopic (exact) mass is 338 g/mol. The molecule has 1 aliphatic heterocycles. The molecule has 0 saturated carbocycles. The van der Waals surface area contributed by atoms with Crippen LogP contribution in [0.1, 0.15) is 55.7 Å². The van der Waals surface area contributed by atoms with Gasteiger partial charge in [-0.1, -0.05) is 26.7 Å². The van der Waals surface area contributed by atoms with Gasteiger partial charge in [-0.15, -0.1) is 0 Å². The molecular weight excluding hydrogens is 312 g/mol. The van der Waals surface area contributed by atoms with Crippen LogP contribution in [0.15, 0.2) is 0 Å². The molecule has 0 unspecified atom stereocenters. The van der Waals surface area contributed by atoms with E-state index in [9.17, 15) is 14.9 Å². The zero-order chi connectivity index (χ0) is 17.9. The number of nitrogens with zero attached hydrogens (tertiary/aromatic N) is 3. The molecule has 1 amide bonds. The fraction of sp³-hybridized carbons (Fsp3) is 0.750. The molecule has 0 radical (unpaired) electrons. The molecule has 24 heavy (non-hydrogen) atoms. The van der Waals surface area contributed by atoms with Gasteiger partial charge >= 0.3 is 5.69 Å². The van der Waals surface area contributed by atoms with Crippen molar-refractivity contribution < 1.29 is 14.5 Å². The average molecular weight is 338 g/mol. The van der Waals surface area contributed by atoms with Crippen LogP contribution in [0.3, 0.4) is 0 Å². The third-order valence-corrected chi connectivity index (χ3v) is 4.81. The van der Waals surface area contributed by atoms with Gasteiger partial charge in [0.15, 0.2) is 0 Å². The molecule has 1 aromatic heterocycles. The fourth-order valence-corrected chi connectivity index (χ4v) is 3.48. The number of rotatable bonds is 6. The first-order valence-corrected chi connectivity index (χ1v) is 8.49. The second-order valence-corrected chi connectivity index (χ2v) is 6.34. The van der Waals surface area contributed by atoms with E-state index in [4.69, 9.17) is 4.74 Å². The van der Waals surface area contributed by atoms with E-state index in [0.29, 0.717) is 18.9 Å². The Hall–Kier alpha value is -1.96. The van der Waals surface area contributed by atoms with Gasteiger partial charge in [0.05, 0.1) is 11.0 Å². The highest BCUT2D eigenvalue weighted by atomic mass is 16.6. The molecule has 2 rings (SSSR count). The third kappa shape index (κ3) is 3.75. The molecule has 1 saturated heterocycles. The standard InChI is InChI=1S/C16H26N4O4/c1-5-11(6-2)13-9-12(7-8-24-13)17-16(21)15-14(20(22)23)10(3)18-19(15)4/h11-13H,5-9H2,1-4H3,(H,17,21)/t12-,13+/m1/s1. The Morgan fingerprint density at radius 1 is 1.50 bits per heavy atom. The normalized spacial score (nSPS) is 21.0. The van der Waals surface area contributed by atoms with Crippen molar-refractivity contribution in [2.45, 2.75) is 58.6 Å². The molecule has 0 aliphatic carbocycles. The fourth-order valence-electron chi connectivity index (χ4n) is 3.48. The summed E-state index contributed by atoms with van der Waals surface area (Å²) in [7, 11) is 1.55. The second kappa shape index (κ2) is 7.74. The van der Waals surface area contributed by atoms with Crippen LogP contribution in [-0.4, -0.2) is 39.4 Å². The summed E-state index contributed by atoms with van der Waals surface area (Å²) in [6, 6.07) is -0.0355. The predicted octanol–water partition coefficient (Wildman–Crippen LogP) is 2.35. The highest BCUT2D eigenvalue weighted by molar-refractivity contribution is 5.97. The number of amides is 1. The van der Waals surface area contributed by atoms with Crippen molar-refractivity contribution in [3.8, 4) is 0 Å². The smallest absolute Gasteiger partial charge is 0.322 e. The highest BCUT2D eigenvalue weighted by Crippen LogP contribution is 2.26. The Morgan fingerprint density at radius 2 is 2.17 bits per heavy atom. The number of nitro groups is 1. The largest absolute Gasteiger partial charge is 0.378 e. The number of hydrogen-bond donors (Lipinski definition) is 1. The Bertz CT molecular complexity index is 609. The topological polar surface area (TPSA) is 99.3 Å². The van der Waals surface area contributed by atoms with Gasteiger partial charge in [0.2, 0.25) is 5.69 Å². The second-order valence-electron chi connectivity index (χ2n) is 6.34. The van der Waals surface area contributed by atoms with Crippen LogP contribution in [0, 0.1) is 23.0 Å². The average Bonchev–Trinajstić information content (AvgIpc) is 2.83. The van der Waals surface area contributed by atoms with Gasteiger partial charge < -0.3 is 10.1 Å².